The van der Waals surface area contributed by atoms with Crippen LogP contribution in [0.1, 0.15) is 55.6 Å². The van der Waals surface area contributed by atoms with E-state index in [1.165, 1.54) is 77.9 Å². The fourth-order valence-corrected chi connectivity index (χ4v) is 10.8. The minimum Gasteiger partial charge on any atom is -0.507 e. The van der Waals surface area contributed by atoms with Crippen molar-refractivity contribution in [3.8, 4) is 43.8 Å². The molecule has 2 heterocycles. The zero-order valence-corrected chi connectivity index (χ0v) is 53.9. The van der Waals surface area contributed by atoms with Gasteiger partial charge in [-0.2, -0.15) is 9.06 Å². The van der Waals surface area contributed by atoms with Gasteiger partial charge in [-0.25, -0.2) is 9.97 Å². The van der Waals surface area contributed by atoms with Gasteiger partial charge in [0.1, 0.15) is 21.5 Å². The Bertz CT molecular complexity index is 3580. The summed E-state index contributed by atoms with van der Waals surface area (Å²) in [6.07, 6.45) is 4.59. The molecule has 384 valence electrons. The fourth-order valence-electron chi connectivity index (χ4n) is 8.76. The van der Waals surface area contributed by atoms with Crippen LogP contribution in [0, 0.1) is 27.7 Å². The van der Waals surface area contributed by atoms with Gasteiger partial charge < -0.3 is 10.2 Å². The summed E-state index contributed by atoms with van der Waals surface area (Å²) in [5.74, 6) is 0.558. The van der Waals surface area contributed by atoms with Crippen molar-refractivity contribution >= 4 is 83.0 Å². The first kappa shape index (κ1) is 58.9. The number of aromatic hydroxyl groups is 2. The number of hydrogen-bond acceptors (Lipinski definition) is 6. The molecule has 0 bridgehead atoms. The summed E-state index contributed by atoms with van der Waals surface area (Å²) in [5, 5.41) is 21.2. The monoisotopic (exact) mass is 1190 g/mol. The number of hydrogen-bond donors (Lipinski definition) is 2. The van der Waals surface area contributed by atoms with E-state index < -0.39 is 0 Å². The molecule has 4 nitrogen and oxygen atoms in total. The maximum atomic E-state index is 9.76. The molecule has 12 aromatic rings. The van der Waals surface area contributed by atoms with Gasteiger partial charge in [0.15, 0.2) is 0 Å². The molecule has 10 aromatic carbocycles. The molecule has 80 heavy (non-hydrogen) atoms. The Morgan fingerprint density at radius 1 is 0.400 bits per heavy atom. The van der Waals surface area contributed by atoms with Gasteiger partial charge in [-0.3, -0.25) is 0 Å². The number of benzene rings is 10. The third-order valence-corrected chi connectivity index (χ3v) is 15.2. The number of thiazole rings is 2. The molecule has 1 atom stereocenters. The molecule has 1 unspecified atom stereocenters. The number of aryl methyl sites for hydroxylation is 4. The van der Waals surface area contributed by atoms with Crippen molar-refractivity contribution in [1.82, 2.24) is 9.97 Å². The van der Waals surface area contributed by atoms with E-state index in [0.29, 0.717) is 0 Å². The van der Waals surface area contributed by atoms with E-state index in [1.807, 2.05) is 84.9 Å². The minimum atomic E-state index is -0.167. The molecule has 0 amide bonds. The van der Waals surface area contributed by atoms with Crippen molar-refractivity contribution in [2.75, 3.05) is 0 Å². The summed E-state index contributed by atoms with van der Waals surface area (Å²) in [6.45, 7) is 8.53. The molecule has 10 heteroatoms. The van der Waals surface area contributed by atoms with E-state index in [2.05, 4.69) is 203 Å². The van der Waals surface area contributed by atoms with Gasteiger partial charge in [0, 0.05) is 40.2 Å². The molecule has 0 aliphatic heterocycles. The number of rotatable bonds is 9. The molecule has 0 saturated heterocycles. The number of aromatic nitrogens is 2. The largest absolute Gasteiger partial charge is 0.507 e. The molecule has 0 saturated carbocycles. The summed E-state index contributed by atoms with van der Waals surface area (Å²) >= 11 is 3.19. The molecule has 2 N–H and O–H groups in total. The van der Waals surface area contributed by atoms with Gasteiger partial charge in [0.05, 0.1) is 39.1 Å². The zero-order valence-electron chi connectivity index (χ0n) is 46.3. The molecule has 0 aliphatic rings. The smallest absolute Gasteiger partial charge is 0.128 e. The van der Waals surface area contributed by atoms with Crippen LogP contribution in [0.3, 0.4) is 0 Å². The van der Waals surface area contributed by atoms with Crippen LogP contribution >= 0.6 is 31.7 Å². The van der Waals surface area contributed by atoms with Gasteiger partial charge in [0.25, 0.3) is 0 Å². The number of fused-ring (bicyclic) bond motifs is 2. The summed E-state index contributed by atoms with van der Waals surface area (Å²) in [4.78, 5) is 9.00. The van der Waals surface area contributed by atoms with Crippen LogP contribution in [-0.4, -0.2) is 29.0 Å². The Balaban J connectivity index is 0.000000207. The Morgan fingerprint density at radius 3 is 0.963 bits per heavy atom. The zero-order chi connectivity index (χ0) is 55.1. The Kier molecular flexibility index (Phi) is 21.6. The number of phenolic OH excluding ortho intramolecular Hbond substituents is 2. The summed E-state index contributed by atoms with van der Waals surface area (Å²) in [5.41, 5.74) is 20.8. The first-order chi connectivity index (χ1) is 38.5. The Labute approximate surface area is 509 Å². The van der Waals surface area contributed by atoms with Crippen molar-refractivity contribution in [2.24, 2.45) is 0 Å². The van der Waals surface area contributed by atoms with Gasteiger partial charge in [0.2, 0.25) is 0 Å². The average molecular weight is 1200 g/mol. The van der Waals surface area contributed by atoms with E-state index in [9.17, 15) is 10.2 Å². The summed E-state index contributed by atoms with van der Waals surface area (Å²) in [7, 11) is 4.38. The van der Waals surface area contributed by atoms with Crippen molar-refractivity contribution in [1.29, 1.82) is 1.28 Å². The van der Waals surface area contributed by atoms with Gasteiger partial charge in [-0.1, -0.05) is 216 Å². The Hall–Kier alpha value is -7.20. The fraction of sp³-hybridized carbons (Fsp3) is 0.0571. The van der Waals surface area contributed by atoms with Crippen LogP contribution < -0.4 is 0 Å². The molecule has 0 aliphatic carbocycles. The maximum absolute atomic E-state index is 9.76. The average Bonchev–Trinajstić information content (AvgIpc) is 4.17. The predicted octanol–water partition coefficient (Wildman–Crippen LogP) is 19.0. The van der Waals surface area contributed by atoms with Crippen LogP contribution in [-0.2, 0) is 39.0 Å². The predicted molar refractivity (Wildman–Crippen MR) is 339 cm³/mol. The minimum absolute atomic E-state index is 0. The molecule has 0 spiro atoms. The van der Waals surface area contributed by atoms with Gasteiger partial charge in [-0.15, -0.1) is 22.7 Å². The van der Waals surface area contributed by atoms with E-state index in [-0.39, 0.29) is 59.5 Å². The first-order valence-corrected chi connectivity index (χ1v) is 27.8. The molecule has 12 rings (SSSR count). The van der Waals surface area contributed by atoms with E-state index in [4.69, 9.17) is 1.28 Å². The van der Waals surface area contributed by atoms with Crippen molar-refractivity contribution in [3.63, 3.8) is 0 Å². The second-order valence-corrected chi connectivity index (χ2v) is 20.9. The quantitative estimate of drug-likeness (QED) is 0.0859. The third kappa shape index (κ3) is 15.6. The van der Waals surface area contributed by atoms with E-state index in [0.717, 1.165) is 41.6 Å². The standard InChI is InChI=1S/C44H38.2C13H9NOS.BH2P.2Zn/c1-31-5-17-39(18-6-31)43(40-19-7-32(2)8-20-40)29-35-13-25-37(26-14-35)38-27-15-36(16-28-38)30-44(41-21-9-33(3)10-22-41)42-23-11-34(4)12-24-42;2*15-11-7-3-1-5-9(11)13-14-10-6-2-4-8-12(10)16-13;1-2;;/h5-30H,1-4H3;2*1-8,15H;2H2;;/i;;;2T;;. The number of phenols is 2. The van der Waals surface area contributed by atoms with Crippen molar-refractivity contribution in [3.05, 3.63) is 298 Å². The van der Waals surface area contributed by atoms with E-state index in [1.54, 1.807) is 34.8 Å². The maximum Gasteiger partial charge on any atom is 0.128 e. The molecular weight excluding hydrogens is 1140 g/mol. The molecular formula is C70H58BN2O2PS2Zn2. The van der Waals surface area contributed by atoms with Gasteiger partial charge >= 0.3 is 0 Å². The number of para-hydroxylation sites is 4. The van der Waals surface area contributed by atoms with Crippen molar-refractivity contribution in [2.45, 2.75) is 27.7 Å². The van der Waals surface area contributed by atoms with Crippen LogP contribution in [0.25, 0.3) is 76.0 Å². The third-order valence-electron chi connectivity index (χ3n) is 13.1. The topological polar surface area (TPSA) is 66.2 Å². The normalized spacial score (nSPS) is 10.6. The van der Waals surface area contributed by atoms with Crippen LogP contribution in [0.2, 0.25) is 0 Å². The molecule has 0 fully saturated rings. The van der Waals surface area contributed by atoms with Crippen LogP contribution in [0.5, 0.6) is 11.5 Å². The Morgan fingerprint density at radius 2 is 0.675 bits per heavy atom. The molecule has 2 radical (unpaired) electrons. The van der Waals surface area contributed by atoms with Crippen LogP contribution in [0.4, 0.5) is 0 Å². The number of nitrogens with zero attached hydrogens (tertiary/aromatic N) is 2. The van der Waals surface area contributed by atoms with Crippen molar-refractivity contribution < 1.29 is 49.2 Å². The SMILES string of the molecule is Cc1ccc(C(=Cc2ccc(-c3ccc(C=C(c4ccc(C)cc4)c4ccc(C)cc4)cc3)cc2)c2ccc(C)cc2)cc1.Oc1ccccc1-c1nc2ccccc2s1.Oc1ccccc1-c1nc2ccccc2s1.[3H]P[B].[Zn].[Zn]. The molecule has 2 aromatic heterocycles. The van der Waals surface area contributed by atoms with E-state index >= 15 is 0 Å². The summed E-state index contributed by atoms with van der Waals surface area (Å²) < 4.78 is 8.29. The van der Waals surface area contributed by atoms with Gasteiger partial charge in [-0.05, 0) is 144 Å². The summed E-state index contributed by atoms with van der Waals surface area (Å²) in [6, 6.07) is 83.5. The second kappa shape index (κ2) is 29.3. The second-order valence-electron chi connectivity index (χ2n) is 18.8. The van der Waals surface area contributed by atoms with Crippen LogP contribution in [0.15, 0.2) is 243 Å². The first-order valence-electron chi connectivity index (χ1n) is 26.1.